The van der Waals surface area contributed by atoms with Gasteiger partial charge in [-0.25, -0.2) is 4.79 Å². The SMILES string of the molecule is NC(=O)CCC(N)C(=O)NC(CC(N)=O)C(=O)NC(Cc1ccccc1)C(=O)O. The van der Waals surface area contributed by atoms with E-state index in [4.69, 9.17) is 17.2 Å². The van der Waals surface area contributed by atoms with Gasteiger partial charge in [0.1, 0.15) is 12.1 Å². The Morgan fingerprint density at radius 2 is 1.48 bits per heavy atom. The molecule has 0 radical (unpaired) electrons. The van der Waals surface area contributed by atoms with E-state index in [1.54, 1.807) is 30.3 Å². The second kappa shape index (κ2) is 11.4. The second-order valence-electron chi connectivity index (χ2n) is 6.43. The summed E-state index contributed by atoms with van der Waals surface area (Å²) in [4.78, 5) is 58.2. The predicted octanol–water partition coefficient (Wildman–Crippen LogP) is -2.25. The number of carboxylic acid groups (broad SMARTS) is 1. The van der Waals surface area contributed by atoms with Crippen molar-refractivity contribution in [1.29, 1.82) is 0 Å². The van der Waals surface area contributed by atoms with Crippen molar-refractivity contribution in [2.75, 3.05) is 0 Å². The first-order chi connectivity index (χ1) is 13.6. The number of hydrogen-bond donors (Lipinski definition) is 6. The molecule has 1 aromatic rings. The zero-order valence-electron chi connectivity index (χ0n) is 15.7. The fourth-order valence-electron chi connectivity index (χ4n) is 2.44. The summed E-state index contributed by atoms with van der Waals surface area (Å²) in [5, 5.41) is 13.9. The van der Waals surface area contributed by atoms with Crippen LogP contribution in [-0.2, 0) is 30.4 Å². The van der Waals surface area contributed by atoms with Gasteiger partial charge in [0.2, 0.25) is 23.6 Å². The topological polar surface area (TPSA) is 208 Å². The number of amides is 4. The Kier molecular flexibility index (Phi) is 9.26. The Bertz CT molecular complexity index is 754. The van der Waals surface area contributed by atoms with Gasteiger partial charge in [0, 0.05) is 12.8 Å². The normalized spacial score (nSPS) is 13.6. The molecular weight excluding hydrogens is 382 g/mol. The predicted molar refractivity (Wildman–Crippen MR) is 102 cm³/mol. The van der Waals surface area contributed by atoms with Gasteiger partial charge >= 0.3 is 5.97 Å². The lowest BCUT2D eigenvalue weighted by Crippen LogP contribution is -2.55. The Morgan fingerprint density at radius 1 is 0.897 bits per heavy atom. The molecule has 0 aliphatic carbocycles. The first-order valence-corrected chi connectivity index (χ1v) is 8.79. The molecule has 11 nitrogen and oxygen atoms in total. The molecule has 0 saturated heterocycles. The van der Waals surface area contributed by atoms with Crippen LogP contribution in [0.5, 0.6) is 0 Å². The van der Waals surface area contributed by atoms with Crippen molar-refractivity contribution in [3.05, 3.63) is 35.9 Å². The molecule has 0 aliphatic heterocycles. The molecule has 29 heavy (non-hydrogen) atoms. The Labute approximate surface area is 167 Å². The van der Waals surface area contributed by atoms with E-state index in [-0.39, 0.29) is 19.3 Å². The van der Waals surface area contributed by atoms with Gasteiger partial charge in [-0.15, -0.1) is 0 Å². The highest BCUT2D eigenvalue weighted by Gasteiger charge is 2.29. The van der Waals surface area contributed by atoms with Gasteiger partial charge in [-0.2, -0.15) is 0 Å². The molecule has 158 valence electrons. The second-order valence-corrected chi connectivity index (χ2v) is 6.43. The van der Waals surface area contributed by atoms with E-state index in [2.05, 4.69) is 10.6 Å². The van der Waals surface area contributed by atoms with E-state index in [0.717, 1.165) is 0 Å². The molecule has 3 atom stereocenters. The van der Waals surface area contributed by atoms with E-state index in [0.29, 0.717) is 5.56 Å². The minimum Gasteiger partial charge on any atom is -0.480 e. The highest BCUT2D eigenvalue weighted by atomic mass is 16.4. The summed E-state index contributed by atoms with van der Waals surface area (Å²) in [6, 6.07) is 4.74. The van der Waals surface area contributed by atoms with Crippen LogP contribution in [0.1, 0.15) is 24.8 Å². The molecule has 0 fully saturated rings. The van der Waals surface area contributed by atoms with E-state index < -0.39 is 54.1 Å². The average molecular weight is 407 g/mol. The minimum atomic E-state index is -1.42. The van der Waals surface area contributed by atoms with Gasteiger partial charge in [-0.05, 0) is 12.0 Å². The summed E-state index contributed by atoms with van der Waals surface area (Å²) < 4.78 is 0. The number of carboxylic acids is 1. The number of aliphatic carboxylic acids is 1. The van der Waals surface area contributed by atoms with E-state index in [9.17, 15) is 29.1 Å². The van der Waals surface area contributed by atoms with Crippen LogP contribution in [-0.4, -0.2) is 52.8 Å². The third-order valence-corrected chi connectivity index (χ3v) is 3.97. The number of benzene rings is 1. The third kappa shape index (κ3) is 8.84. The number of carbonyl (C=O) groups excluding carboxylic acids is 4. The summed E-state index contributed by atoms with van der Waals surface area (Å²) in [7, 11) is 0. The lowest BCUT2D eigenvalue weighted by molar-refractivity contribution is -0.142. The van der Waals surface area contributed by atoms with Crippen molar-refractivity contribution in [2.45, 2.75) is 43.8 Å². The average Bonchev–Trinajstić information content (AvgIpc) is 2.65. The van der Waals surface area contributed by atoms with Gasteiger partial charge in [0.15, 0.2) is 0 Å². The molecule has 0 saturated carbocycles. The van der Waals surface area contributed by atoms with E-state index in [1.807, 2.05) is 0 Å². The van der Waals surface area contributed by atoms with Crippen molar-refractivity contribution in [1.82, 2.24) is 10.6 Å². The van der Waals surface area contributed by atoms with Crippen LogP contribution in [0.4, 0.5) is 0 Å². The van der Waals surface area contributed by atoms with Gasteiger partial charge in [-0.1, -0.05) is 30.3 Å². The van der Waals surface area contributed by atoms with Crippen LogP contribution in [0.2, 0.25) is 0 Å². The van der Waals surface area contributed by atoms with Crippen LogP contribution < -0.4 is 27.8 Å². The van der Waals surface area contributed by atoms with Gasteiger partial charge < -0.3 is 32.9 Å². The highest BCUT2D eigenvalue weighted by molar-refractivity contribution is 5.94. The lowest BCUT2D eigenvalue weighted by atomic mass is 10.0. The highest BCUT2D eigenvalue weighted by Crippen LogP contribution is 2.05. The maximum atomic E-state index is 12.5. The fraction of sp³-hybridized carbons (Fsp3) is 0.389. The van der Waals surface area contributed by atoms with Crippen molar-refractivity contribution >= 4 is 29.6 Å². The molecular formula is C18H25N5O6. The molecule has 1 aromatic carbocycles. The van der Waals surface area contributed by atoms with Crippen molar-refractivity contribution in [2.24, 2.45) is 17.2 Å². The minimum absolute atomic E-state index is 0.00270. The molecule has 11 heteroatoms. The quantitative estimate of drug-likeness (QED) is 0.224. The van der Waals surface area contributed by atoms with Crippen molar-refractivity contribution in [3.63, 3.8) is 0 Å². The molecule has 0 spiro atoms. The van der Waals surface area contributed by atoms with Crippen molar-refractivity contribution in [3.8, 4) is 0 Å². The lowest BCUT2D eigenvalue weighted by Gasteiger charge is -2.22. The molecule has 0 bridgehead atoms. The summed E-state index contributed by atoms with van der Waals surface area (Å²) in [5.74, 6) is -4.52. The van der Waals surface area contributed by atoms with Crippen LogP contribution in [0.15, 0.2) is 30.3 Å². The van der Waals surface area contributed by atoms with Crippen LogP contribution >= 0.6 is 0 Å². The molecule has 1 rings (SSSR count). The summed E-state index contributed by atoms with van der Waals surface area (Å²) in [6.07, 6.45) is -0.758. The first kappa shape index (κ1) is 23.6. The monoisotopic (exact) mass is 407 g/mol. The Hall–Kier alpha value is -3.47. The number of hydrogen-bond acceptors (Lipinski definition) is 6. The van der Waals surface area contributed by atoms with Gasteiger partial charge in [-0.3, -0.25) is 19.2 Å². The number of primary amides is 2. The van der Waals surface area contributed by atoms with Crippen molar-refractivity contribution < 1.29 is 29.1 Å². The molecule has 0 aromatic heterocycles. The number of carbonyl (C=O) groups is 5. The maximum Gasteiger partial charge on any atom is 0.326 e. The zero-order valence-corrected chi connectivity index (χ0v) is 15.7. The number of nitrogens with one attached hydrogen (secondary N) is 2. The standard InChI is InChI=1S/C18H25N5O6/c19-11(6-7-14(20)24)16(26)22-12(9-15(21)25)17(27)23-13(18(28)29)8-10-4-2-1-3-5-10/h1-5,11-13H,6-9,19H2,(H2,20,24)(H2,21,25)(H,22,26)(H,23,27)(H,28,29). The Balaban J connectivity index is 2.82. The summed E-state index contributed by atoms with van der Waals surface area (Å²) in [6.45, 7) is 0. The number of rotatable bonds is 12. The molecule has 4 amide bonds. The molecule has 3 unspecified atom stereocenters. The molecule has 9 N–H and O–H groups in total. The first-order valence-electron chi connectivity index (χ1n) is 8.79. The maximum absolute atomic E-state index is 12.5. The largest absolute Gasteiger partial charge is 0.480 e. The summed E-state index contributed by atoms with van der Waals surface area (Å²) in [5.41, 5.74) is 16.4. The van der Waals surface area contributed by atoms with Gasteiger partial charge in [0.05, 0.1) is 12.5 Å². The van der Waals surface area contributed by atoms with Crippen LogP contribution in [0.25, 0.3) is 0 Å². The molecule has 0 heterocycles. The van der Waals surface area contributed by atoms with E-state index in [1.165, 1.54) is 0 Å². The smallest absolute Gasteiger partial charge is 0.326 e. The van der Waals surface area contributed by atoms with Crippen LogP contribution in [0, 0.1) is 0 Å². The zero-order chi connectivity index (χ0) is 22.0. The summed E-state index contributed by atoms with van der Waals surface area (Å²) >= 11 is 0. The van der Waals surface area contributed by atoms with E-state index >= 15 is 0 Å². The fourth-order valence-corrected chi connectivity index (χ4v) is 2.44. The number of nitrogens with two attached hydrogens (primary N) is 3. The Morgan fingerprint density at radius 3 is 2.00 bits per heavy atom. The van der Waals surface area contributed by atoms with Gasteiger partial charge in [0.25, 0.3) is 0 Å². The molecule has 0 aliphatic rings. The van der Waals surface area contributed by atoms with Crippen LogP contribution in [0.3, 0.4) is 0 Å². The third-order valence-electron chi connectivity index (χ3n) is 3.97.